The third kappa shape index (κ3) is 3.30. The van der Waals surface area contributed by atoms with Crippen LogP contribution in [0.2, 0.25) is 0 Å². The number of nitrogens with zero attached hydrogens (tertiary/aromatic N) is 3. The molecular formula is C29H27N3. The molecular weight excluding hydrogens is 390 g/mol. The molecule has 1 fully saturated rings. The Labute approximate surface area is 189 Å². The second-order valence-corrected chi connectivity index (χ2v) is 8.81. The predicted molar refractivity (Wildman–Crippen MR) is 133 cm³/mol. The fourth-order valence-corrected chi connectivity index (χ4v) is 5.28. The van der Waals surface area contributed by atoms with Crippen LogP contribution in [0.25, 0.3) is 21.9 Å². The van der Waals surface area contributed by atoms with E-state index in [0.717, 1.165) is 31.9 Å². The van der Waals surface area contributed by atoms with Crippen LogP contribution >= 0.6 is 0 Å². The van der Waals surface area contributed by atoms with Crippen LogP contribution in [-0.4, -0.2) is 41.8 Å². The molecule has 0 aromatic heterocycles. The van der Waals surface area contributed by atoms with E-state index in [1.165, 1.54) is 38.6 Å². The molecule has 0 N–H and O–H groups in total. The highest BCUT2D eigenvalue weighted by Gasteiger charge is 2.33. The van der Waals surface area contributed by atoms with E-state index in [9.17, 15) is 0 Å². The first-order valence-electron chi connectivity index (χ1n) is 11.5. The SMILES string of the molecule is C/C(=N/N1CCN(C2c3ccccc3-c3ccccc32)CC1)c1ccc2ccccc2c1. The minimum atomic E-state index is 0.357. The molecule has 1 heterocycles. The summed E-state index contributed by atoms with van der Waals surface area (Å²) in [7, 11) is 0. The molecule has 1 saturated heterocycles. The van der Waals surface area contributed by atoms with Crippen molar-refractivity contribution in [1.82, 2.24) is 9.91 Å². The van der Waals surface area contributed by atoms with Gasteiger partial charge in [-0.1, -0.05) is 84.9 Å². The molecule has 3 heteroatoms. The molecule has 0 unspecified atom stereocenters. The van der Waals surface area contributed by atoms with Gasteiger partial charge in [0.1, 0.15) is 0 Å². The molecule has 3 nitrogen and oxygen atoms in total. The zero-order valence-electron chi connectivity index (χ0n) is 18.4. The van der Waals surface area contributed by atoms with Crippen molar-refractivity contribution in [1.29, 1.82) is 0 Å². The summed E-state index contributed by atoms with van der Waals surface area (Å²) in [6.45, 7) is 6.06. The van der Waals surface area contributed by atoms with Gasteiger partial charge in [0, 0.05) is 26.2 Å². The summed E-state index contributed by atoms with van der Waals surface area (Å²) in [6, 6.07) is 33.3. The summed E-state index contributed by atoms with van der Waals surface area (Å²) in [5.74, 6) is 0. The summed E-state index contributed by atoms with van der Waals surface area (Å²) >= 11 is 0. The van der Waals surface area contributed by atoms with Crippen molar-refractivity contribution in [2.75, 3.05) is 26.2 Å². The molecule has 0 bridgehead atoms. The second-order valence-electron chi connectivity index (χ2n) is 8.81. The van der Waals surface area contributed by atoms with Crippen molar-refractivity contribution >= 4 is 16.5 Å². The van der Waals surface area contributed by atoms with Crippen molar-refractivity contribution in [2.24, 2.45) is 5.10 Å². The quantitative estimate of drug-likeness (QED) is 0.384. The smallest absolute Gasteiger partial charge is 0.0646 e. The van der Waals surface area contributed by atoms with Crippen LogP contribution in [0, 0.1) is 0 Å². The lowest BCUT2D eigenvalue weighted by atomic mass is 10.0. The number of rotatable bonds is 3. The molecule has 32 heavy (non-hydrogen) atoms. The number of hydrogen-bond donors (Lipinski definition) is 0. The van der Waals surface area contributed by atoms with Gasteiger partial charge in [-0.2, -0.15) is 5.10 Å². The van der Waals surface area contributed by atoms with E-state index in [-0.39, 0.29) is 0 Å². The fourth-order valence-electron chi connectivity index (χ4n) is 5.28. The van der Waals surface area contributed by atoms with Crippen molar-refractivity contribution < 1.29 is 0 Å². The van der Waals surface area contributed by atoms with Gasteiger partial charge >= 0.3 is 0 Å². The molecule has 4 aromatic carbocycles. The maximum Gasteiger partial charge on any atom is 0.0646 e. The Morgan fingerprint density at radius 1 is 0.688 bits per heavy atom. The molecule has 0 atom stereocenters. The third-order valence-electron chi connectivity index (χ3n) is 6.92. The number of fused-ring (bicyclic) bond motifs is 4. The first kappa shape index (κ1) is 19.3. The number of benzene rings is 4. The lowest BCUT2D eigenvalue weighted by Gasteiger charge is -2.37. The van der Waals surface area contributed by atoms with E-state index in [0.29, 0.717) is 6.04 Å². The van der Waals surface area contributed by atoms with Gasteiger partial charge in [0.15, 0.2) is 0 Å². The Morgan fingerprint density at radius 2 is 1.28 bits per heavy atom. The summed E-state index contributed by atoms with van der Waals surface area (Å²) in [5, 5.41) is 9.77. The van der Waals surface area contributed by atoms with Gasteiger partial charge in [-0.05, 0) is 51.6 Å². The Balaban J connectivity index is 1.20. The van der Waals surface area contributed by atoms with Crippen LogP contribution < -0.4 is 0 Å². The first-order chi connectivity index (χ1) is 15.8. The molecule has 0 amide bonds. The maximum absolute atomic E-state index is 4.99. The molecule has 0 radical (unpaired) electrons. The highest BCUT2D eigenvalue weighted by atomic mass is 15.5. The van der Waals surface area contributed by atoms with E-state index in [2.05, 4.69) is 108 Å². The minimum absolute atomic E-state index is 0.357. The van der Waals surface area contributed by atoms with E-state index in [4.69, 9.17) is 5.10 Å². The van der Waals surface area contributed by atoms with Gasteiger partial charge < -0.3 is 0 Å². The third-order valence-corrected chi connectivity index (χ3v) is 6.92. The van der Waals surface area contributed by atoms with Crippen molar-refractivity contribution in [3.8, 4) is 11.1 Å². The predicted octanol–water partition coefficient (Wildman–Crippen LogP) is 5.95. The van der Waals surface area contributed by atoms with Gasteiger partial charge in [-0.3, -0.25) is 9.91 Å². The summed E-state index contributed by atoms with van der Waals surface area (Å²) in [6.07, 6.45) is 0. The number of hydrazone groups is 1. The molecule has 158 valence electrons. The average molecular weight is 418 g/mol. The van der Waals surface area contributed by atoms with Crippen LogP contribution in [0.5, 0.6) is 0 Å². The Hall–Kier alpha value is -3.43. The van der Waals surface area contributed by atoms with E-state index < -0.39 is 0 Å². The molecule has 0 spiro atoms. The Kier molecular flexibility index (Phi) is 4.77. The summed E-state index contributed by atoms with van der Waals surface area (Å²) < 4.78 is 0. The van der Waals surface area contributed by atoms with E-state index >= 15 is 0 Å². The van der Waals surface area contributed by atoms with Gasteiger partial charge in [-0.15, -0.1) is 0 Å². The highest BCUT2D eigenvalue weighted by Crippen LogP contribution is 2.46. The van der Waals surface area contributed by atoms with Crippen LogP contribution in [0.15, 0.2) is 96.1 Å². The van der Waals surface area contributed by atoms with Gasteiger partial charge in [0.2, 0.25) is 0 Å². The van der Waals surface area contributed by atoms with E-state index in [1.807, 2.05) is 0 Å². The van der Waals surface area contributed by atoms with Crippen molar-refractivity contribution in [3.63, 3.8) is 0 Å². The average Bonchev–Trinajstić information content (AvgIpc) is 3.19. The summed E-state index contributed by atoms with van der Waals surface area (Å²) in [5.41, 5.74) is 7.95. The topological polar surface area (TPSA) is 18.8 Å². The number of piperazine rings is 1. The molecule has 4 aromatic rings. The molecule has 2 aliphatic rings. The van der Waals surface area contributed by atoms with Crippen LogP contribution in [0.3, 0.4) is 0 Å². The van der Waals surface area contributed by atoms with Gasteiger partial charge in [0.25, 0.3) is 0 Å². The monoisotopic (exact) mass is 417 g/mol. The minimum Gasteiger partial charge on any atom is -0.294 e. The lowest BCUT2D eigenvalue weighted by molar-refractivity contribution is 0.114. The standard InChI is InChI=1S/C29H27N3/c1-21(23-15-14-22-8-2-3-9-24(22)20-23)30-32-18-16-31(17-19-32)29-27-12-6-4-10-25(27)26-11-5-7-13-28(26)29/h2-15,20,29H,16-19H2,1H3/b30-21-. The fraction of sp³-hybridized carbons (Fsp3) is 0.207. The van der Waals surface area contributed by atoms with Crippen molar-refractivity contribution in [3.05, 3.63) is 108 Å². The lowest BCUT2D eigenvalue weighted by Crippen LogP contribution is -2.45. The second kappa shape index (κ2) is 7.92. The van der Waals surface area contributed by atoms with Crippen LogP contribution in [-0.2, 0) is 0 Å². The first-order valence-corrected chi connectivity index (χ1v) is 11.5. The maximum atomic E-state index is 4.99. The summed E-state index contributed by atoms with van der Waals surface area (Å²) in [4.78, 5) is 2.63. The van der Waals surface area contributed by atoms with Gasteiger partial charge in [-0.25, -0.2) is 0 Å². The highest BCUT2D eigenvalue weighted by molar-refractivity contribution is 6.01. The molecule has 1 aliphatic carbocycles. The largest absolute Gasteiger partial charge is 0.294 e. The van der Waals surface area contributed by atoms with Crippen LogP contribution in [0.1, 0.15) is 29.7 Å². The zero-order valence-corrected chi connectivity index (χ0v) is 18.4. The number of hydrogen-bond acceptors (Lipinski definition) is 3. The zero-order chi connectivity index (χ0) is 21.5. The Bertz CT molecular complexity index is 1270. The van der Waals surface area contributed by atoms with Crippen LogP contribution in [0.4, 0.5) is 0 Å². The molecule has 6 rings (SSSR count). The Morgan fingerprint density at radius 3 is 1.97 bits per heavy atom. The van der Waals surface area contributed by atoms with E-state index in [1.54, 1.807) is 0 Å². The molecule has 0 saturated carbocycles. The normalized spacial score (nSPS) is 16.9. The van der Waals surface area contributed by atoms with Gasteiger partial charge in [0.05, 0.1) is 11.8 Å². The molecule has 1 aliphatic heterocycles. The van der Waals surface area contributed by atoms with Crippen molar-refractivity contribution in [2.45, 2.75) is 13.0 Å².